The number of aromatic nitrogens is 3. The molecule has 0 unspecified atom stereocenters. The first-order valence-electron chi connectivity index (χ1n) is 3.78. The molecule has 0 bridgehead atoms. The van der Waals surface area contributed by atoms with Crippen molar-refractivity contribution >= 4 is 28.9 Å². The summed E-state index contributed by atoms with van der Waals surface area (Å²) in [4.78, 5) is 3.96. The summed E-state index contributed by atoms with van der Waals surface area (Å²) in [6.45, 7) is 0. The quantitative estimate of drug-likeness (QED) is 0.737. The standard InChI is InChI=1S/C8H6Cl2N4/c9-6-2-4(11)1-5(7(6)10)8-12-3-13-14-8/h1-3H,11H2,(H,12,13,14). The van der Waals surface area contributed by atoms with Crippen LogP contribution in [0.15, 0.2) is 18.5 Å². The average molecular weight is 229 g/mol. The Balaban J connectivity index is 2.64. The topological polar surface area (TPSA) is 67.6 Å². The van der Waals surface area contributed by atoms with Gasteiger partial charge in [-0.1, -0.05) is 23.2 Å². The minimum Gasteiger partial charge on any atom is -0.399 e. The predicted molar refractivity (Wildman–Crippen MR) is 56.3 cm³/mol. The largest absolute Gasteiger partial charge is 0.399 e. The van der Waals surface area contributed by atoms with E-state index >= 15 is 0 Å². The number of anilines is 1. The molecule has 72 valence electrons. The van der Waals surface area contributed by atoms with Gasteiger partial charge in [0, 0.05) is 11.3 Å². The van der Waals surface area contributed by atoms with Gasteiger partial charge in [0.05, 0.1) is 10.0 Å². The van der Waals surface area contributed by atoms with Gasteiger partial charge in [-0.15, -0.1) is 0 Å². The van der Waals surface area contributed by atoms with E-state index in [9.17, 15) is 0 Å². The molecule has 2 aromatic rings. The van der Waals surface area contributed by atoms with E-state index in [1.54, 1.807) is 12.1 Å². The van der Waals surface area contributed by atoms with Crippen molar-refractivity contribution in [3.63, 3.8) is 0 Å². The summed E-state index contributed by atoms with van der Waals surface area (Å²) in [5.74, 6) is 0.546. The number of aromatic amines is 1. The van der Waals surface area contributed by atoms with E-state index in [1.165, 1.54) is 6.33 Å². The summed E-state index contributed by atoms with van der Waals surface area (Å²) in [5, 5.41) is 7.22. The first kappa shape index (κ1) is 9.30. The van der Waals surface area contributed by atoms with Gasteiger partial charge in [-0.25, -0.2) is 4.98 Å². The SMILES string of the molecule is Nc1cc(Cl)c(Cl)c(-c2ncn[nH]2)c1. The number of nitrogens with zero attached hydrogens (tertiary/aromatic N) is 2. The summed E-state index contributed by atoms with van der Waals surface area (Å²) >= 11 is 11.8. The first-order chi connectivity index (χ1) is 6.68. The van der Waals surface area contributed by atoms with Crippen molar-refractivity contribution in [2.24, 2.45) is 0 Å². The lowest BCUT2D eigenvalue weighted by Gasteiger charge is -2.03. The van der Waals surface area contributed by atoms with Crippen molar-refractivity contribution in [2.75, 3.05) is 5.73 Å². The number of benzene rings is 1. The van der Waals surface area contributed by atoms with Crippen LogP contribution in [-0.4, -0.2) is 15.2 Å². The summed E-state index contributed by atoms with van der Waals surface area (Å²) < 4.78 is 0. The van der Waals surface area contributed by atoms with Gasteiger partial charge >= 0.3 is 0 Å². The molecule has 0 atom stereocenters. The Bertz CT molecular complexity index is 453. The van der Waals surface area contributed by atoms with Gasteiger partial charge < -0.3 is 5.73 Å². The van der Waals surface area contributed by atoms with Crippen LogP contribution in [0.1, 0.15) is 0 Å². The highest BCUT2D eigenvalue weighted by Gasteiger charge is 2.10. The van der Waals surface area contributed by atoms with E-state index in [-0.39, 0.29) is 0 Å². The van der Waals surface area contributed by atoms with Crippen molar-refractivity contribution in [3.05, 3.63) is 28.5 Å². The van der Waals surface area contributed by atoms with Crippen LogP contribution >= 0.6 is 23.2 Å². The van der Waals surface area contributed by atoms with Crippen LogP contribution < -0.4 is 5.73 Å². The monoisotopic (exact) mass is 228 g/mol. The minimum atomic E-state index is 0.401. The van der Waals surface area contributed by atoms with Gasteiger partial charge in [0.1, 0.15) is 6.33 Å². The molecule has 0 saturated heterocycles. The first-order valence-corrected chi connectivity index (χ1v) is 4.54. The van der Waals surface area contributed by atoms with Crippen molar-refractivity contribution < 1.29 is 0 Å². The van der Waals surface area contributed by atoms with E-state index in [0.29, 0.717) is 27.1 Å². The molecule has 4 nitrogen and oxygen atoms in total. The van der Waals surface area contributed by atoms with Crippen LogP contribution in [0.3, 0.4) is 0 Å². The Morgan fingerprint density at radius 3 is 2.71 bits per heavy atom. The Labute approximate surface area is 90.1 Å². The smallest absolute Gasteiger partial charge is 0.157 e. The maximum Gasteiger partial charge on any atom is 0.157 e. The van der Waals surface area contributed by atoms with Crippen LogP contribution in [0, 0.1) is 0 Å². The molecule has 3 N–H and O–H groups in total. The zero-order chi connectivity index (χ0) is 10.1. The zero-order valence-corrected chi connectivity index (χ0v) is 8.47. The van der Waals surface area contributed by atoms with Crippen molar-refractivity contribution in [2.45, 2.75) is 0 Å². The Morgan fingerprint density at radius 2 is 2.07 bits per heavy atom. The van der Waals surface area contributed by atoms with Gasteiger partial charge in [0.2, 0.25) is 0 Å². The normalized spacial score (nSPS) is 10.4. The number of halogens is 2. The lowest BCUT2D eigenvalue weighted by Crippen LogP contribution is -1.89. The number of hydrogen-bond acceptors (Lipinski definition) is 3. The van der Waals surface area contributed by atoms with Crippen LogP contribution in [0.4, 0.5) is 5.69 Å². The molecule has 0 aliphatic heterocycles. The number of hydrogen-bond donors (Lipinski definition) is 2. The van der Waals surface area contributed by atoms with Crippen LogP contribution in [0.2, 0.25) is 10.0 Å². The lowest BCUT2D eigenvalue weighted by molar-refractivity contribution is 1.10. The molecule has 0 saturated carbocycles. The van der Waals surface area contributed by atoms with Gasteiger partial charge in [0.15, 0.2) is 5.82 Å². The molecule has 14 heavy (non-hydrogen) atoms. The molecule has 0 radical (unpaired) electrons. The van der Waals surface area contributed by atoms with Crippen molar-refractivity contribution in [3.8, 4) is 11.4 Å². The summed E-state index contributed by atoms with van der Waals surface area (Å²) in [6, 6.07) is 3.28. The van der Waals surface area contributed by atoms with Gasteiger partial charge in [-0.05, 0) is 12.1 Å². The molecule has 2 rings (SSSR count). The molecular formula is C8H6Cl2N4. The maximum atomic E-state index is 5.98. The molecule has 0 fully saturated rings. The Hall–Kier alpha value is -1.26. The minimum absolute atomic E-state index is 0.401. The molecule has 6 heteroatoms. The Kier molecular flexibility index (Phi) is 2.31. The summed E-state index contributed by atoms with van der Waals surface area (Å²) in [5.41, 5.74) is 6.81. The fourth-order valence-corrected chi connectivity index (χ4v) is 1.54. The maximum absolute atomic E-state index is 5.98. The predicted octanol–water partition coefficient (Wildman–Crippen LogP) is 2.36. The number of H-pyrrole nitrogens is 1. The molecule has 1 heterocycles. The van der Waals surface area contributed by atoms with Crippen LogP contribution in [-0.2, 0) is 0 Å². The van der Waals surface area contributed by atoms with Crippen LogP contribution in [0.25, 0.3) is 11.4 Å². The molecule has 0 amide bonds. The average Bonchev–Trinajstić information content (AvgIpc) is 2.63. The van der Waals surface area contributed by atoms with E-state index in [2.05, 4.69) is 15.2 Å². The molecule has 0 aliphatic carbocycles. The molecule has 1 aromatic heterocycles. The second kappa shape index (κ2) is 3.48. The zero-order valence-electron chi connectivity index (χ0n) is 6.96. The molecule has 0 spiro atoms. The molecular weight excluding hydrogens is 223 g/mol. The lowest BCUT2D eigenvalue weighted by atomic mass is 10.2. The highest BCUT2D eigenvalue weighted by molar-refractivity contribution is 6.43. The van der Waals surface area contributed by atoms with E-state index < -0.39 is 0 Å². The Morgan fingerprint density at radius 1 is 1.29 bits per heavy atom. The highest BCUT2D eigenvalue weighted by Crippen LogP contribution is 2.33. The number of nitrogens with two attached hydrogens (primary N) is 1. The number of nitrogens with one attached hydrogen (secondary N) is 1. The number of nitrogen functional groups attached to an aromatic ring is 1. The third-order valence-corrected chi connectivity index (χ3v) is 2.52. The fraction of sp³-hybridized carbons (Fsp3) is 0. The molecule has 0 aliphatic rings. The van der Waals surface area contributed by atoms with Gasteiger partial charge in [-0.2, -0.15) is 5.10 Å². The van der Waals surface area contributed by atoms with E-state index in [1.807, 2.05) is 0 Å². The summed E-state index contributed by atoms with van der Waals surface area (Å²) in [6.07, 6.45) is 1.39. The van der Waals surface area contributed by atoms with Crippen molar-refractivity contribution in [1.82, 2.24) is 15.2 Å². The van der Waals surface area contributed by atoms with Gasteiger partial charge in [0.25, 0.3) is 0 Å². The second-order valence-corrected chi connectivity index (χ2v) is 3.48. The molecule has 1 aromatic carbocycles. The van der Waals surface area contributed by atoms with E-state index in [4.69, 9.17) is 28.9 Å². The third-order valence-electron chi connectivity index (χ3n) is 1.72. The third kappa shape index (κ3) is 1.54. The van der Waals surface area contributed by atoms with Gasteiger partial charge in [-0.3, -0.25) is 5.10 Å². The fourth-order valence-electron chi connectivity index (χ4n) is 1.12. The van der Waals surface area contributed by atoms with E-state index in [0.717, 1.165) is 0 Å². The van der Waals surface area contributed by atoms with Crippen molar-refractivity contribution in [1.29, 1.82) is 0 Å². The summed E-state index contributed by atoms with van der Waals surface area (Å²) in [7, 11) is 0. The second-order valence-electron chi connectivity index (χ2n) is 2.70. The number of rotatable bonds is 1. The highest BCUT2D eigenvalue weighted by atomic mass is 35.5. The van der Waals surface area contributed by atoms with Crippen LogP contribution in [0.5, 0.6) is 0 Å².